The molecule has 1 aromatic heterocycles. The largest absolute Gasteiger partial charge is 0.270 e. The van der Waals surface area contributed by atoms with E-state index in [4.69, 9.17) is 0 Å². The molecule has 1 aromatic carbocycles. The lowest BCUT2D eigenvalue weighted by Crippen LogP contribution is -2.14. The molecule has 0 bridgehead atoms. The minimum atomic E-state index is -0.412. The summed E-state index contributed by atoms with van der Waals surface area (Å²) in [6.07, 6.45) is 0. The van der Waals surface area contributed by atoms with Gasteiger partial charge in [-0.2, -0.15) is 5.10 Å². The van der Waals surface area contributed by atoms with Crippen molar-refractivity contribution in [2.45, 2.75) is 11.9 Å². The first-order valence-electron chi connectivity index (χ1n) is 5.53. The molecule has 7 nitrogen and oxygen atoms in total. The molecule has 0 aliphatic carbocycles. The lowest BCUT2D eigenvalue weighted by atomic mass is 10.1. The summed E-state index contributed by atoms with van der Waals surface area (Å²) >= 11 is 1.58. The Bertz CT molecular complexity index is 700. The highest BCUT2D eigenvalue weighted by Gasteiger charge is 2.19. The van der Waals surface area contributed by atoms with Crippen LogP contribution in [0.25, 0.3) is 0 Å². The number of fused-ring (bicyclic) bond motifs is 1. The van der Waals surface area contributed by atoms with E-state index < -0.39 is 4.92 Å². The smallest absolute Gasteiger partial charge is 0.258 e. The molecule has 0 fully saturated rings. The lowest BCUT2D eigenvalue weighted by Gasteiger charge is -2.12. The van der Waals surface area contributed by atoms with Crippen LogP contribution in [-0.2, 0) is 0 Å². The van der Waals surface area contributed by atoms with E-state index in [0.29, 0.717) is 5.75 Å². The molecule has 2 aromatic rings. The molecule has 0 amide bonds. The molecule has 0 N–H and O–H groups in total. The fraction of sp³-hybridized carbons (Fsp3) is 0.182. The highest BCUT2D eigenvalue weighted by Crippen LogP contribution is 2.26. The van der Waals surface area contributed by atoms with Crippen LogP contribution < -0.4 is 0 Å². The average Bonchev–Trinajstić information content (AvgIpc) is 2.80. The van der Waals surface area contributed by atoms with Crippen LogP contribution in [0.1, 0.15) is 11.3 Å². The molecule has 1 aliphatic heterocycles. The standard InChI is InChI=1S/C11H9N5O2S.BrH/c1-7-11-15(14-12-7)13-10(6-19-11)8-3-2-4-9(5-8)16(17)18;/h2-5H,6H2,1H3;1H. The van der Waals surface area contributed by atoms with Gasteiger partial charge in [-0.15, -0.1) is 26.9 Å². The van der Waals surface area contributed by atoms with Crippen molar-refractivity contribution in [3.63, 3.8) is 0 Å². The Morgan fingerprint density at radius 1 is 1.45 bits per heavy atom. The summed E-state index contributed by atoms with van der Waals surface area (Å²) in [7, 11) is 0. The quantitative estimate of drug-likeness (QED) is 0.609. The van der Waals surface area contributed by atoms with Gasteiger partial charge in [0.1, 0.15) is 5.03 Å². The van der Waals surface area contributed by atoms with Crippen LogP contribution in [0.15, 0.2) is 34.4 Å². The third-order valence-electron chi connectivity index (χ3n) is 2.72. The second-order valence-electron chi connectivity index (χ2n) is 4.01. The first kappa shape index (κ1) is 14.7. The van der Waals surface area contributed by atoms with E-state index in [-0.39, 0.29) is 22.7 Å². The number of nitrogens with zero attached hydrogens (tertiary/aromatic N) is 5. The van der Waals surface area contributed by atoms with E-state index in [1.807, 2.05) is 6.92 Å². The van der Waals surface area contributed by atoms with Crippen LogP contribution >= 0.6 is 28.7 Å². The number of rotatable bonds is 2. The Labute approximate surface area is 129 Å². The van der Waals surface area contributed by atoms with Gasteiger partial charge in [0.05, 0.1) is 16.3 Å². The fourth-order valence-electron chi connectivity index (χ4n) is 1.79. The molecule has 0 saturated heterocycles. The zero-order valence-corrected chi connectivity index (χ0v) is 12.9. The van der Waals surface area contributed by atoms with E-state index in [1.54, 1.807) is 23.9 Å². The van der Waals surface area contributed by atoms with Gasteiger partial charge in [-0.25, -0.2) is 0 Å². The minimum absolute atomic E-state index is 0. The molecule has 0 saturated carbocycles. The van der Waals surface area contributed by atoms with Gasteiger partial charge in [0.15, 0.2) is 0 Å². The number of hydrogen-bond acceptors (Lipinski definition) is 6. The predicted octanol–water partition coefficient (Wildman–Crippen LogP) is 2.43. The number of non-ortho nitro benzene ring substituents is 1. The monoisotopic (exact) mass is 355 g/mol. The summed E-state index contributed by atoms with van der Waals surface area (Å²) in [5.74, 6) is 0.648. The number of hydrogen-bond donors (Lipinski definition) is 0. The Kier molecular flexibility index (Phi) is 4.19. The Balaban J connectivity index is 0.00000147. The van der Waals surface area contributed by atoms with Crippen molar-refractivity contribution >= 4 is 40.1 Å². The molecule has 0 radical (unpaired) electrons. The molecular formula is C11H10BrN5O2S. The molecule has 2 heterocycles. The molecule has 1 aliphatic rings. The maximum atomic E-state index is 10.8. The molecule has 104 valence electrons. The van der Waals surface area contributed by atoms with Crippen molar-refractivity contribution in [1.82, 2.24) is 15.1 Å². The van der Waals surface area contributed by atoms with E-state index in [9.17, 15) is 10.1 Å². The van der Waals surface area contributed by atoms with Crippen molar-refractivity contribution in [1.29, 1.82) is 0 Å². The molecule has 0 unspecified atom stereocenters. The summed E-state index contributed by atoms with van der Waals surface area (Å²) < 4.78 is 0. The van der Waals surface area contributed by atoms with Crippen LogP contribution in [0.4, 0.5) is 5.69 Å². The summed E-state index contributed by atoms with van der Waals surface area (Å²) in [6.45, 7) is 1.87. The van der Waals surface area contributed by atoms with Gasteiger partial charge in [0.2, 0.25) is 0 Å². The van der Waals surface area contributed by atoms with E-state index in [2.05, 4.69) is 15.4 Å². The highest BCUT2D eigenvalue weighted by molar-refractivity contribution is 8.93. The van der Waals surface area contributed by atoms with Gasteiger partial charge in [-0.3, -0.25) is 10.1 Å². The maximum Gasteiger partial charge on any atom is 0.270 e. The normalized spacial score (nSPS) is 13.2. The zero-order valence-electron chi connectivity index (χ0n) is 10.4. The number of benzene rings is 1. The number of thioether (sulfide) groups is 1. The fourth-order valence-corrected chi connectivity index (χ4v) is 2.73. The Morgan fingerprint density at radius 2 is 2.25 bits per heavy atom. The van der Waals surface area contributed by atoms with Gasteiger partial charge in [-0.1, -0.05) is 23.9 Å². The summed E-state index contributed by atoms with van der Waals surface area (Å²) in [6, 6.07) is 6.45. The number of nitro groups is 1. The van der Waals surface area contributed by atoms with E-state index in [0.717, 1.165) is 22.0 Å². The number of aryl methyl sites for hydroxylation is 1. The maximum absolute atomic E-state index is 10.8. The first-order valence-corrected chi connectivity index (χ1v) is 6.51. The minimum Gasteiger partial charge on any atom is -0.258 e. The molecule has 0 atom stereocenters. The van der Waals surface area contributed by atoms with Crippen molar-refractivity contribution in [2.24, 2.45) is 5.10 Å². The summed E-state index contributed by atoms with van der Waals surface area (Å²) in [4.78, 5) is 11.8. The van der Waals surface area contributed by atoms with Crippen molar-refractivity contribution < 1.29 is 4.92 Å². The van der Waals surface area contributed by atoms with Crippen molar-refractivity contribution in [3.8, 4) is 0 Å². The lowest BCUT2D eigenvalue weighted by molar-refractivity contribution is -0.384. The molecular weight excluding hydrogens is 346 g/mol. The second-order valence-corrected chi connectivity index (χ2v) is 4.98. The van der Waals surface area contributed by atoms with Gasteiger partial charge in [0, 0.05) is 23.4 Å². The van der Waals surface area contributed by atoms with Crippen molar-refractivity contribution in [3.05, 3.63) is 45.6 Å². The SMILES string of the molecule is Br.Cc1nnn2c1SCC(c1cccc([N+](=O)[O-])c1)=N2. The van der Waals surface area contributed by atoms with Crippen molar-refractivity contribution in [2.75, 3.05) is 5.75 Å². The highest BCUT2D eigenvalue weighted by atomic mass is 79.9. The van der Waals surface area contributed by atoms with E-state index in [1.165, 1.54) is 16.9 Å². The van der Waals surface area contributed by atoms with Gasteiger partial charge in [-0.05, 0) is 12.1 Å². The second kappa shape index (κ2) is 5.71. The predicted molar refractivity (Wildman–Crippen MR) is 80.8 cm³/mol. The van der Waals surface area contributed by atoms with Gasteiger partial charge < -0.3 is 0 Å². The topological polar surface area (TPSA) is 86.2 Å². The van der Waals surface area contributed by atoms with E-state index >= 15 is 0 Å². The van der Waals surface area contributed by atoms with Gasteiger partial charge in [0.25, 0.3) is 5.69 Å². The summed E-state index contributed by atoms with van der Waals surface area (Å²) in [5, 5.41) is 23.9. The number of aromatic nitrogens is 3. The van der Waals surface area contributed by atoms with Crippen LogP contribution in [-0.4, -0.2) is 31.5 Å². The average molecular weight is 356 g/mol. The van der Waals surface area contributed by atoms with Crippen LogP contribution in [0, 0.1) is 17.0 Å². The Hall–Kier alpha value is -1.74. The number of nitro benzene ring substituents is 1. The molecule has 0 spiro atoms. The third kappa shape index (κ3) is 2.59. The van der Waals surface area contributed by atoms with Crippen LogP contribution in [0.2, 0.25) is 0 Å². The molecule has 9 heteroatoms. The first-order chi connectivity index (χ1) is 9.15. The molecule has 20 heavy (non-hydrogen) atoms. The zero-order chi connectivity index (χ0) is 13.4. The third-order valence-corrected chi connectivity index (χ3v) is 3.87. The Morgan fingerprint density at radius 3 is 3.00 bits per heavy atom. The number of halogens is 1. The van der Waals surface area contributed by atoms with Crippen LogP contribution in [0.5, 0.6) is 0 Å². The van der Waals surface area contributed by atoms with Gasteiger partial charge >= 0.3 is 0 Å². The molecule has 3 rings (SSSR count). The summed E-state index contributed by atoms with van der Waals surface area (Å²) in [5.41, 5.74) is 2.39. The van der Waals surface area contributed by atoms with Crippen LogP contribution in [0.3, 0.4) is 0 Å².